The lowest BCUT2D eigenvalue weighted by molar-refractivity contribution is 0.105. The molecular weight excluding hydrogens is 320 g/mol. The first-order valence-electron chi connectivity index (χ1n) is 6.06. The van der Waals surface area contributed by atoms with E-state index in [1.807, 2.05) is 0 Å². The minimum Gasteiger partial charge on any atom is -0.330 e. The third kappa shape index (κ3) is 2.87. The molecule has 1 aliphatic rings. The number of nitrogens with two attached hydrogens (primary N) is 1. The van der Waals surface area contributed by atoms with E-state index in [1.165, 1.54) is 24.3 Å². The Morgan fingerprint density at radius 1 is 1.65 bits per heavy atom. The topological polar surface area (TPSA) is 29.3 Å². The Labute approximate surface area is 120 Å². The Morgan fingerprint density at radius 3 is 2.94 bits per heavy atom. The molecule has 1 aromatic heterocycles. The lowest BCUT2D eigenvalue weighted by atomic mass is 9.88. The number of likely N-dealkylation sites (tertiary alicyclic amines) is 1. The van der Waals surface area contributed by atoms with Crippen LogP contribution in [-0.4, -0.2) is 24.5 Å². The smallest absolute Gasteiger partial charge is 0.107 e. The maximum absolute atomic E-state index is 6.15. The van der Waals surface area contributed by atoms with Crippen molar-refractivity contribution in [2.45, 2.75) is 25.8 Å². The average molecular weight is 338 g/mol. The van der Waals surface area contributed by atoms with Gasteiger partial charge in [0.1, 0.15) is 4.34 Å². The first kappa shape index (κ1) is 13.8. The summed E-state index contributed by atoms with van der Waals surface area (Å²) in [6.45, 7) is 5.23. The molecule has 1 aliphatic heterocycles. The fourth-order valence-electron chi connectivity index (χ4n) is 2.67. The zero-order chi connectivity index (χ0) is 12.4. The SMILES string of the molecule is CCN1CCCC(CN)C1c1cc(Br)c(Cl)s1. The van der Waals surface area contributed by atoms with Crippen LogP contribution in [0.4, 0.5) is 0 Å². The van der Waals surface area contributed by atoms with E-state index in [0.29, 0.717) is 12.0 Å². The first-order chi connectivity index (χ1) is 8.17. The summed E-state index contributed by atoms with van der Waals surface area (Å²) in [4.78, 5) is 3.87. The zero-order valence-corrected chi connectivity index (χ0v) is 13.1. The average Bonchev–Trinajstić information content (AvgIpc) is 2.68. The van der Waals surface area contributed by atoms with Gasteiger partial charge in [0, 0.05) is 15.4 Å². The summed E-state index contributed by atoms with van der Waals surface area (Å²) >= 11 is 11.3. The van der Waals surface area contributed by atoms with Crippen LogP contribution in [0.15, 0.2) is 10.5 Å². The van der Waals surface area contributed by atoms with Gasteiger partial charge in [-0.25, -0.2) is 0 Å². The van der Waals surface area contributed by atoms with Gasteiger partial charge in [-0.2, -0.15) is 0 Å². The van der Waals surface area contributed by atoms with E-state index in [0.717, 1.165) is 21.9 Å². The van der Waals surface area contributed by atoms with Crippen LogP contribution in [0.3, 0.4) is 0 Å². The van der Waals surface area contributed by atoms with Gasteiger partial charge in [-0.05, 0) is 60.4 Å². The Kier molecular flexibility index (Phi) is 4.89. The highest BCUT2D eigenvalue weighted by Crippen LogP contribution is 2.42. The van der Waals surface area contributed by atoms with E-state index < -0.39 is 0 Å². The number of halogens is 2. The van der Waals surface area contributed by atoms with Crippen molar-refractivity contribution < 1.29 is 0 Å². The minimum atomic E-state index is 0.451. The van der Waals surface area contributed by atoms with E-state index in [-0.39, 0.29) is 0 Å². The normalized spacial score (nSPS) is 26.4. The Balaban J connectivity index is 2.29. The minimum absolute atomic E-state index is 0.451. The van der Waals surface area contributed by atoms with Gasteiger partial charge in [-0.1, -0.05) is 18.5 Å². The molecule has 17 heavy (non-hydrogen) atoms. The van der Waals surface area contributed by atoms with Crippen molar-refractivity contribution in [2.75, 3.05) is 19.6 Å². The summed E-state index contributed by atoms with van der Waals surface area (Å²) in [5.41, 5.74) is 5.93. The molecule has 0 saturated carbocycles. The van der Waals surface area contributed by atoms with Gasteiger partial charge in [0.05, 0.1) is 0 Å². The molecule has 96 valence electrons. The van der Waals surface area contributed by atoms with E-state index in [4.69, 9.17) is 17.3 Å². The summed E-state index contributed by atoms with van der Waals surface area (Å²) in [7, 11) is 0. The molecule has 0 aliphatic carbocycles. The Hall–Kier alpha value is 0.390. The van der Waals surface area contributed by atoms with Crippen molar-refractivity contribution >= 4 is 38.9 Å². The van der Waals surface area contributed by atoms with Crippen molar-refractivity contribution in [3.63, 3.8) is 0 Å². The fourth-order valence-corrected chi connectivity index (χ4v) is 4.64. The number of hydrogen-bond donors (Lipinski definition) is 1. The van der Waals surface area contributed by atoms with E-state index in [9.17, 15) is 0 Å². The molecule has 2 rings (SSSR count). The van der Waals surface area contributed by atoms with Gasteiger partial charge in [0.25, 0.3) is 0 Å². The van der Waals surface area contributed by atoms with Crippen LogP contribution in [0.1, 0.15) is 30.7 Å². The lowest BCUT2D eigenvalue weighted by Gasteiger charge is -2.40. The molecule has 1 aromatic rings. The molecular formula is C12H18BrClN2S. The number of hydrogen-bond acceptors (Lipinski definition) is 3. The molecule has 1 saturated heterocycles. The van der Waals surface area contributed by atoms with Crippen LogP contribution in [0.25, 0.3) is 0 Å². The van der Waals surface area contributed by atoms with Crippen LogP contribution in [0.5, 0.6) is 0 Å². The quantitative estimate of drug-likeness (QED) is 0.906. The Morgan fingerprint density at radius 2 is 2.41 bits per heavy atom. The van der Waals surface area contributed by atoms with Crippen molar-refractivity contribution in [1.82, 2.24) is 4.90 Å². The molecule has 0 radical (unpaired) electrons. The fraction of sp³-hybridized carbons (Fsp3) is 0.667. The summed E-state index contributed by atoms with van der Waals surface area (Å²) in [5, 5.41) is 0. The number of rotatable bonds is 3. The molecule has 5 heteroatoms. The monoisotopic (exact) mass is 336 g/mol. The first-order valence-corrected chi connectivity index (χ1v) is 8.05. The van der Waals surface area contributed by atoms with Crippen LogP contribution >= 0.6 is 38.9 Å². The van der Waals surface area contributed by atoms with Gasteiger partial charge < -0.3 is 5.73 Å². The van der Waals surface area contributed by atoms with E-state index >= 15 is 0 Å². The number of piperidine rings is 1. The van der Waals surface area contributed by atoms with Crippen LogP contribution < -0.4 is 5.73 Å². The molecule has 2 nitrogen and oxygen atoms in total. The van der Waals surface area contributed by atoms with Crippen LogP contribution in [0, 0.1) is 5.92 Å². The molecule has 2 unspecified atom stereocenters. The van der Waals surface area contributed by atoms with Crippen molar-refractivity contribution in [3.05, 3.63) is 19.8 Å². The molecule has 2 atom stereocenters. The van der Waals surface area contributed by atoms with E-state index in [2.05, 4.69) is 33.8 Å². The standard InChI is InChI=1S/C12H18BrClN2S/c1-2-16-5-3-4-8(7-15)11(16)10-6-9(13)12(14)17-10/h6,8,11H,2-5,7,15H2,1H3. The molecule has 0 amide bonds. The largest absolute Gasteiger partial charge is 0.330 e. The predicted molar refractivity (Wildman–Crippen MR) is 78.8 cm³/mol. The van der Waals surface area contributed by atoms with Crippen molar-refractivity contribution in [1.29, 1.82) is 0 Å². The zero-order valence-electron chi connectivity index (χ0n) is 9.96. The number of nitrogens with zero attached hydrogens (tertiary/aromatic N) is 1. The predicted octanol–water partition coefficient (Wildman–Crippen LogP) is 3.90. The molecule has 0 bridgehead atoms. The molecule has 2 heterocycles. The molecule has 0 spiro atoms. The highest BCUT2D eigenvalue weighted by Gasteiger charge is 2.32. The highest BCUT2D eigenvalue weighted by molar-refractivity contribution is 9.10. The summed E-state index contributed by atoms with van der Waals surface area (Å²) in [6.07, 6.45) is 2.48. The van der Waals surface area contributed by atoms with Gasteiger partial charge >= 0.3 is 0 Å². The summed E-state index contributed by atoms with van der Waals surface area (Å²) < 4.78 is 1.86. The molecule has 2 N–H and O–H groups in total. The number of thiophene rings is 1. The summed E-state index contributed by atoms with van der Waals surface area (Å²) in [6, 6.07) is 2.61. The van der Waals surface area contributed by atoms with Gasteiger partial charge in [0.15, 0.2) is 0 Å². The van der Waals surface area contributed by atoms with Crippen LogP contribution in [0.2, 0.25) is 4.34 Å². The van der Waals surface area contributed by atoms with Crippen molar-refractivity contribution in [3.8, 4) is 0 Å². The lowest BCUT2D eigenvalue weighted by Crippen LogP contribution is -2.41. The molecule has 0 aromatic carbocycles. The van der Waals surface area contributed by atoms with E-state index in [1.54, 1.807) is 11.3 Å². The summed E-state index contributed by atoms with van der Waals surface area (Å²) in [5.74, 6) is 0.560. The van der Waals surface area contributed by atoms with Gasteiger partial charge in [0.2, 0.25) is 0 Å². The second kappa shape index (κ2) is 6.02. The van der Waals surface area contributed by atoms with Crippen molar-refractivity contribution in [2.24, 2.45) is 11.7 Å². The Bertz CT molecular complexity index is 351. The second-order valence-corrected chi connectivity index (χ2v) is 7.02. The maximum Gasteiger partial charge on any atom is 0.107 e. The molecule has 1 fully saturated rings. The highest BCUT2D eigenvalue weighted by atomic mass is 79.9. The van der Waals surface area contributed by atoms with Crippen LogP contribution in [-0.2, 0) is 0 Å². The van der Waals surface area contributed by atoms with Gasteiger partial charge in [-0.15, -0.1) is 11.3 Å². The maximum atomic E-state index is 6.15. The third-order valence-electron chi connectivity index (χ3n) is 3.52. The van der Waals surface area contributed by atoms with Gasteiger partial charge in [-0.3, -0.25) is 4.90 Å². The second-order valence-electron chi connectivity index (χ2n) is 4.48. The third-order valence-corrected chi connectivity index (χ3v) is 6.07.